The van der Waals surface area contributed by atoms with E-state index in [1.54, 1.807) is 36.4 Å². The molecule has 0 aliphatic rings. The fourth-order valence-electron chi connectivity index (χ4n) is 2.33. The molecule has 0 fully saturated rings. The zero-order valence-corrected chi connectivity index (χ0v) is 12.7. The molecule has 3 aromatic rings. The van der Waals surface area contributed by atoms with Crippen molar-refractivity contribution in [2.75, 3.05) is 7.11 Å². The van der Waals surface area contributed by atoms with Gasteiger partial charge < -0.3 is 4.74 Å². The monoisotopic (exact) mass is 337 g/mol. The molecule has 3 rings (SSSR count). The van der Waals surface area contributed by atoms with Crippen LogP contribution in [-0.2, 0) is 6.18 Å². The molecule has 0 amide bonds. The SMILES string of the molecule is COc1ccc(-c2nc3cc(Cl)ccc3cc2C(F)(F)F)cc1. The molecule has 0 N–H and O–H groups in total. The summed E-state index contributed by atoms with van der Waals surface area (Å²) in [6.45, 7) is 0. The number of hydrogen-bond donors (Lipinski definition) is 0. The van der Waals surface area contributed by atoms with Crippen LogP contribution in [0.25, 0.3) is 22.2 Å². The van der Waals surface area contributed by atoms with E-state index in [1.165, 1.54) is 13.2 Å². The predicted molar refractivity (Wildman–Crippen MR) is 83.7 cm³/mol. The summed E-state index contributed by atoms with van der Waals surface area (Å²) < 4.78 is 45.2. The van der Waals surface area contributed by atoms with E-state index in [2.05, 4.69) is 4.98 Å². The first-order chi connectivity index (χ1) is 10.9. The lowest BCUT2D eigenvalue weighted by Gasteiger charge is -2.14. The summed E-state index contributed by atoms with van der Waals surface area (Å²) in [4.78, 5) is 4.18. The molecule has 23 heavy (non-hydrogen) atoms. The number of benzene rings is 2. The number of hydrogen-bond acceptors (Lipinski definition) is 2. The standard InChI is InChI=1S/C17H11ClF3NO/c1-23-13-6-3-10(4-7-13)16-14(17(19,20)21)8-11-2-5-12(18)9-15(11)22-16/h2-9H,1H3. The second-order valence-corrected chi connectivity index (χ2v) is 5.38. The minimum atomic E-state index is -4.50. The molecule has 118 valence electrons. The number of methoxy groups -OCH3 is 1. The number of aromatic nitrogens is 1. The highest BCUT2D eigenvalue weighted by Gasteiger charge is 2.35. The molecule has 0 aliphatic carbocycles. The quantitative estimate of drug-likeness (QED) is 0.608. The maximum atomic E-state index is 13.4. The topological polar surface area (TPSA) is 22.1 Å². The smallest absolute Gasteiger partial charge is 0.418 e. The molecule has 0 unspecified atom stereocenters. The van der Waals surface area contributed by atoms with Gasteiger partial charge in [0.2, 0.25) is 0 Å². The Kier molecular flexibility index (Phi) is 3.90. The van der Waals surface area contributed by atoms with Crippen LogP contribution in [0.15, 0.2) is 48.5 Å². The molecule has 1 aromatic heterocycles. The fraction of sp³-hybridized carbons (Fsp3) is 0.118. The molecule has 2 nitrogen and oxygen atoms in total. The van der Waals surface area contributed by atoms with Crippen LogP contribution in [0, 0.1) is 0 Å². The molecule has 0 aliphatic heterocycles. The van der Waals surface area contributed by atoms with Crippen LogP contribution in [0.4, 0.5) is 13.2 Å². The molecule has 1 heterocycles. The number of nitrogens with zero attached hydrogens (tertiary/aromatic N) is 1. The maximum absolute atomic E-state index is 13.4. The fourth-order valence-corrected chi connectivity index (χ4v) is 2.49. The van der Waals surface area contributed by atoms with Crippen LogP contribution in [0.1, 0.15) is 5.56 Å². The third-order valence-electron chi connectivity index (χ3n) is 3.45. The Balaban J connectivity index is 2.26. The Hall–Kier alpha value is -2.27. The van der Waals surface area contributed by atoms with Crippen molar-refractivity contribution in [3.8, 4) is 17.0 Å². The molecule has 0 radical (unpaired) electrons. The van der Waals surface area contributed by atoms with Gasteiger partial charge in [0.1, 0.15) is 5.75 Å². The molecular formula is C17H11ClF3NO. The van der Waals surface area contributed by atoms with Gasteiger partial charge in [0.15, 0.2) is 0 Å². The first kappa shape index (κ1) is 15.6. The van der Waals surface area contributed by atoms with E-state index < -0.39 is 11.7 Å². The predicted octanol–water partition coefficient (Wildman–Crippen LogP) is 5.58. The van der Waals surface area contributed by atoms with Gasteiger partial charge in [-0.15, -0.1) is 0 Å². The van der Waals surface area contributed by atoms with E-state index in [0.717, 1.165) is 6.07 Å². The van der Waals surface area contributed by atoms with Gasteiger partial charge >= 0.3 is 6.18 Å². The van der Waals surface area contributed by atoms with Crippen molar-refractivity contribution in [3.63, 3.8) is 0 Å². The van der Waals surface area contributed by atoms with Gasteiger partial charge in [0.25, 0.3) is 0 Å². The van der Waals surface area contributed by atoms with Gasteiger partial charge in [-0.25, -0.2) is 4.98 Å². The number of alkyl halides is 3. The van der Waals surface area contributed by atoms with Gasteiger partial charge in [-0.3, -0.25) is 0 Å². The van der Waals surface area contributed by atoms with Crippen LogP contribution >= 0.6 is 11.6 Å². The third kappa shape index (κ3) is 3.10. The molecule has 2 aromatic carbocycles. The van der Waals surface area contributed by atoms with Crippen LogP contribution in [0.5, 0.6) is 5.75 Å². The van der Waals surface area contributed by atoms with Gasteiger partial charge in [0.05, 0.1) is 23.9 Å². The summed E-state index contributed by atoms with van der Waals surface area (Å²) in [5.74, 6) is 0.561. The Morgan fingerprint density at radius 1 is 1.00 bits per heavy atom. The lowest BCUT2D eigenvalue weighted by molar-refractivity contribution is -0.137. The van der Waals surface area contributed by atoms with Gasteiger partial charge in [-0.2, -0.15) is 13.2 Å². The van der Waals surface area contributed by atoms with Crippen molar-refractivity contribution >= 4 is 22.5 Å². The summed E-state index contributed by atoms with van der Waals surface area (Å²) in [5, 5.41) is 0.810. The van der Waals surface area contributed by atoms with Crippen molar-refractivity contribution in [2.45, 2.75) is 6.18 Å². The summed E-state index contributed by atoms with van der Waals surface area (Å²) >= 11 is 5.91. The third-order valence-corrected chi connectivity index (χ3v) is 3.68. The maximum Gasteiger partial charge on any atom is 0.418 e. The average Bonchev–Trinajstić information content (AvgIpc) is 2.52. The Morgan fingerprint density at radius 3 is 2.30 bits per heavy atom. The number of fused-ring (bicyclic) bond motifs is 1. The number of halogens is 4. The highest BCUT2D eigenvalue weighted by atomic mass is 35.5. The van der Waals surface area contributed by atoms with Crippen LogP contribution in [0.3, 0.4) is 0 Å². The van der Waals surface area contributed by atoms with Crippen molar-refractivity contribution < 1.29 is 17.9 Å². The molecule has 0 bridgehead atoms. The zero-order valence-electron chi connectivity index (χ0n) is 12.0. The van der Waals surface area contributed by atoms with Crippen molar-refractivity contribution in [3.05, 3.63) is 59.1 Å². The van der Waals surface area contributed by atoms with E-state index in [0.29, 0.717) is 27.2 Å². The summed E-state index contributed by atoms with van der Waals surface area (Å²) in [6, 6.07) is 12.0. The molecule has 0 saturated carbocycles. The highest BCUT2D eigenvalue weighted by molar-refractivity contribution is 6.31. The van der Waals surface area contributed by atoms with Crippen LogP contribution in [0.2, 0.25) is 5.02 Å². The van der Waals surface area contributed by atoms with Crippen molar-refractivity contribution in [2.24, 2.45) is 0 Å². The van der Waals surface area contributed by atoms with E-state index >= 15 is 0 Å². The number of ether oxygens (including phenoxy) is 1. The van der Waals surface area contributed by atoms with Gasteiger partial charge in [0, 0.05) is 16.0 Å². The summed E-state index contributed by atoms with van der Waals surface area (Å²) in [5.41, 5.74) is -0.135. The second-order valence-electron chi connectivity index (χ2n) is 4.95. The second kappa shape index (κ2) is 5.74. The first-order valence-electron chi connectivity index (χ1n) is 6.70. The van der Waals surface area contributed by atoms with E-state index in [9.17, 15) is 13.2 Å². The molecular weight excluding hydrogens is 327 g/mol. The van der Waals surface area contributed by atoms with Crippen molar-refractivity contribution in [1.82, 2.24) is 4.98 Å². The number of pyridine rings is 1. The highest BCUT2D eigenvalue weighted by Crippen LogP contribution is 2.38. The van der Waals surface area contributed by atoms with E-state index in [-0.39, 0.29) is 5.69 Å². The van der Waals surface area contributed by atoms with Crippen LogP contribution in [-0.4, -0.2) is 12.1 Å². The van der Waals surface area contributed by atoms with E-state index in [1.807, 2.05) is 0 Å². The van der Waals surface area contributed by atoms with Gasteiger partial charge in [-0.1, -0.05) is 17.7 Å². The largest absolute Gasteiger partial charge is 0.497 e. The lowest BCUT2D eigenvalue weighted by atomic mass is 10.0. The van der Waals surface area contributed by atoms with Crippen molar-refractivity contribution in [1.29, 1.82) is 0 Å². The Bertz CT molecular complexity index is 860. The summed E-state index contributed by atoms with van der Waals surface area (Å²) in [7, 11) is 1.49. The van der Waals surface area contributed by atoms with E-state index in [4.69, 9.17) is 16.3 Å². The molecule has 6 heteroatoms. The molecule has 0 atom stereocenters. The average molecular weight is 338 g/mol. The minimum Gasteiger partial charge on any atom is -0.497 e. The van der Waals surface area contributed by atoms with Crippen LogP contribution < -0.4 is 4.74 Å². The first-order valence-corrected chi connectivity index (χ1v) is 7.08. The normalized spacial score (nSPS) is 11.7. The number of rotatable bonds is 2. The molecule has 0 spiro atoms. The zero-order chi connectivity index (χ0) is 16.6. The molecule has 0 saturated heterocycles. The van der Waals surface area contributed by atoms with Gasteiger partial charge in [-0.05, 0) is 42.5 Å². The lowest BCUT2D eigenvalue weighted by Crippen LogP contribution is -2.08. The Morgan fingerprint density at radius 2 is 1.70 bits per heavy atom. The minimum absolute atomic E-state index is 0.130. The Labute approximate surface area is 135 Å². The summed E-state index contributed by atoms with van der Waals surface area (Å²) in [6.07, 6.45) is -4.50.